The number of fused-ring (bicyclic) bond motifs is 2. The highest BCUT2D eigenvalue weighted by Gasteiger charge is 2.00. The van der Waals surface area contributed by atoms with Crippen molar-refractivity contribution in [3.8, 4) is 0 Å². The summed E-state index contributed by atoms with van der Waals surface area (Å²) in [4.78, 5) is 10.7. The van der Waals surface area contributed by atoms with Crippen LogP contribution >= 0.6 is 0 Å². The van der Waals surface area contributed by atoms with Crippen molar-refractivity contribution in [2.24, 2.45) is 0 Å². The van der Waals surface area contributed by atoms with E-state index in [-0.39, 0.29) is 5.63 Å². The summed E-state index contributed by atoms with van der Waals surface area (Å²) in [6, 6.07) is 19.1. The maximum absolute atomic E-state index is 10.7. The molecule has 0 N–H and O–H groups in total. The Balaban J connectivity index is 0.000000123. The van der Waals surface area contributed by atoms with E-state index in [1.165, 1.54) is 17.2 Å². The molecule has 0 atom stereocenters. The van der Waals surface area contributed by atoms with Gasteiger partial charge in [0.25, 0.3) is 0 Å². The first-order chi connectivity index (χ1) is 9.83. The molecule has 0 spiro atoms. The zero-order valence-electron chi connectivity index (χ0n) is 11.0. The summed E-state index contributed by atoms with van der Waals surface area (Å²) < 4.78 is 4.91. The van der Waals surface area contributed by atoms with E-state index in [0.717, 1.165) is 11.8 Å². The molecule has 2 nitrogen and oxygen atoms in total. The van der Waals surface area contributed by atoms with E-state index in [1.54, 1.807) is 12.1 Å². The fourth-order valence-corrected chi connectivity index (χ4v) is 2.21. The molecule has 1 aliphatic carbocycles. The van der Waals surface area contributed by atoms with Gasteiger partial charge in [-0.15, -0.1) is 0 Å². The zero-order valence-corrected chi connectivity index (χ0v) is 11.0. The Morgan fingerprint density at radius 2 is 1.65 bits per heavy atom. The molecule has 0 unspecified atom stereocenters. The first-order valence-electron chi connectivity index (χ1n) is 6.56. The van der Waals surface area contributed by atoms with Crippen LogP contribution in [0.15, 0.2) is 76.0 Å². The van der Waals surface area contributed by atoms with Crippen molar-refractivity contribution < 1.29 is 4.42 Å². The summed E-state index contributed by atoms with van der Waals surface area (Å²) in [5.41, 5.74) is 3.18. The van der Waals surface area contributed by atoms with E-state index < -0.39 is 0 Å². The summed E-state index contributed by atoms with van der Waals surface area (Å²) >= 11 is 0. The molecule has 0 saturated carbocycles. The van der Waals surface area contributed by atoms with Crippen molar-refractivity contribution in [3.05, 3.63) is 88.3 Å². The van der Waals surface area contributed by atoms with Crippen LogP contribution < -0.4 is 5.63 Å². The zero-order chi connectivity index (χ0) is 13.8. The second-order valence-corrected chi connectivity index (χ2v) is 4.60. The van der Waals surface area contributed by atoms with E-state index >= 15 is 0 Å². The Hall–Kier alpha value is -2.61. The monoisotopic (exact) mass is 262 g/mol. The van der Waals surface area contributed by atoms with Crippen LogP contribution in [0.4, 0.5) is 0 Å². The molecule has 2 heteroatoms. The molecule has 0 amide bonds. The Morgan fingerprint density at radius 1 is 0.850 bits per heavy atom. The van der Waals surface area contributed by atoms with Gasteiger partial charge < -0.3 is 4.42 Å². The van der Waals surface area contributed by atoms with E-state index in [2.05, 4.69) is 36.4 Å². The molecule has 3 aromatic rings. The molecule has 0 aliphatic heterocycles. The topological polar surface area (TPSA) is 30.2 Å². The van der Waals surface area contributed by atoms with Crippen LogP contribution in [-0.2, 0) is 6.42 Å². The largest absolute Gasteiger partial charge is 0.423 e. The second kappa shape index (κ2) is 5.57. The average molecular weight is 262 g/mol. The van der Waals surface area contributed by atoms with Crippen LogP contribution in [0, 0.1) is 0 Å². The molecule has 2 aromatic carbocycles. The number of para-hydroxylation sites is 1. The maximum atomic E-state index is 10.7. The van der Waals surface area contributed by atoms with Crippen molar-refractivity contribution in [2.75, 3.05) is 0 Å². The molecular weight excluding hydrogens is 248 g/mol. The highest BCUT2D eigenvalue weighted by molar-refractivity contribution is 5.75. The number of benzene rings is 2. The molecule has 0 bridgehead atoms. The van der Waals surface area contributed by atoms with Crippen molar-refractivity contribution >= 4 is 17.0 Å². The Labute approximate surface area is 117 Å². The van der Waals surface area contributed by atoms with Gasteiger partial charge in [-0.2, -0.15) is 0 Å². The lowest BCUT2D eigenvalue weighted by Gasteiger charge is -1.93. The Kier molecular flexibility index (Phi) is 3.46. The minimum absolute atomic E-state index is 0.302. The maximum Gasteiger partial charge on any atom is 0.336 e. The molecule has 98 valence electrons. The molecular formula is C18H14O2. The fourth-order valence-electron chi connectivity index (χ4n) is 2.21. The third-order valence-corrected chi connectivity index (χ3v) is 3.22. The summed E-state index contributed by atoms with van der Waals surface area (Å²) in [5, 5.41) is 0.951. The van der Waals surface area contributed by atoms with Crippen LogP contribution in [0.1, 0.15) is 11.1 Å². The van der Waals surface area contributed by atoms with Gasteiger partial charge in [0.1, 0.15) is 5.58 Å². The predicted octanol–water partition coefficient (Wildman–Crippen LogP) is 4.05. The molecule has 0 saturated heterocycles. The molecule has 1 aliphatic rings. The number of allylic oxidation sites excluding steroid dienone is 1. The number of rotatable bonds is 0. The highest BCUT2D eigenvalue weighted by atomic mass is 16.4. The molecule has 4 rings (SSSR count). The molecule has 0 radical (unpaired) electrons. The third-order valence-electron chi connectivity index (χ3n) is 3.22. The standard InChI is InChI=1S/C9H6O2.C9H8/c10-9-6-5-7-3-1-2-4-8(7)11-9;1-2-5-9-7-3-6-8(9)4-1/h1-6H;1-6H,7H2. The highest BCUT2D eigenvalue weighted by Crippen LogP contribution is 2.17. The van der Waals surface area contributed by atoms with Gasteiger partial charge >= 0.3 is 5.63 Å². The molecule has 0 fully saturated rings. The van der Waals surface area contributed by atoms with Gasteiger partial charge in [-0.05, 0) is 29.7 Å². The van der Waals surface area contributed by atoms with E-state index in [4.69, 9.17) is 4.42 Å². The van der Waals surface area contributed by atoms with E-state index in [1.807, 2.05) is 18.2 Å². The first-order valence-corrected chi connectivity index (χ1v) is 6.56. The van der Waals surface area contributed by atoms with Gasteiger partial charge in [-0.3, -0.25) is 0 Å². The van der Waals surface area contributed by atoms with Crippen LogP contribution in [-0.4, -0.2) is 0 Å². The Morgan fingerprint density at radius 3 is 2.55 bits per heavy atom. The lowest BCUT2D eigenvalue weighted by molar-refractivity contribution is 0.561. The predicted molar refractivity (Wildman–Crippen MR) is 81.7 cm³/mol. The second-order valence-electron chi connectivity index (χ2n) is 4.60. The average Bonchev–Trinajstić information content (AvgIpc) is 2.96. The summed E-state index contributed by atoms with van der Waals surface area (Å²) in [7, 11) is 0. The van der Waals surface area contributed by atoms with Crippen LogP contribution in [0.2, 0.25) is 0 Å². The number of hydrogen-bond acceptors (Lipinski definition) is 2. The van der Waals surface area contributed by atoms with Gasteiger partial charge in [0, 0.05) is 11.5 Å². The van der Waals surface area contributed by atoms with Crippen molar-refractivity contribution in [3.63, 3.8) is 0 Å². The van der Waals surface area contributed by atoms with Gasteiger partial charge in [-0.25, -0.2) is 4.79 Å². The van der Waals surface area contributed by atoms with Gasteiger partial charge in [0.15, 0.2) is 0 Å². The normalized spacial score (nSPS) is 11.8. The van der Waals surface area contributed by atoms with Crippen molar-refractivity contribution in [2.45, 2.75) is 6.42 Å². The SMILES string of the molecule is C1=Cc2ccccc2C1.O=c1ccc2ccccc2o1. The third kappa shape index (κ3) is 2.69. The first kappa shape index (κ1) is 12.4. The number of hydrogen-bond donors (Lipinski definition) is 0. The van der Waals surface area contributed by atoms with Crippen LogP contribution in [0.3, 0.4) is 0 Å². The fraction of sp³-hybridized carbons (Fsp3) is 0.0556. The van der Waals surface area contributed by atoms with Crippen molar-refractivity contribution in [1.82, 2.24) is 0 Å². The lowest BCUT2D eigenvalue weighted by Crippen LogP contribution is -1.93. The van der Waals surface area contributed by atoms with Crippen molar-refractivity contribution in [1.29, 1.82) is 0 Å². The van der Waals surface area contributed by atoms with E-state index in [0.29, 0.717) is 5.58 Å². The minimum Gasteiger partial charge on any atom is -0.423 e. The molecule has 1 aromatic heterocycles. The lowest BCUT2D eigenvalue weighted by atomic mass is 10.1. The molecule has 1 heterocycles. The van der Waals surface area contributed by atoms with Crippen LogP contribution in [0.5, 0.6) is 0 Å². The minimum atomic E-state index is -0.302. The van der Waals surface area contributed by atoms with Gasteiger partial charge in [0.05, 0.1) is 0 Å². The summed E-state index contributed by atoms with van der Waals surface area (Å²) in [5.74, 6) is 0. The van der Waals surface area contributed by atoms with Crippen LogP contribution in [0.25, 0.3) is 17.0 Å². The van der Waals surface area contributed by atoms with Gasteiger partial charge in [0.2, 0.25) is 0 Å². The van der Waals surface area contributed by atoms with E-state index in [9.17, 15) is 4.79 Å². The summed E-state index contributed by atoms with van der Waals surface area (Å²) in [6.07, 6.45) is 5.50. The molecule has 20 heavy (non-hydrogen) atoms. The quantitative estimate of drug-likeness (QED) is 0.572. The smallest absolute Gasteiger partial charge is 0.336 e. The summed E-state index contributed by atoms with van der Waals surface area (Å²) in [6.45, 7) is 0. The van der Waals surface area contributed by atoms with Gasteiger partial charge in [-0.1, -0.05) is 54.6 Å². The Bertz CT molecular complexity index is 813.